The van der Waals surface area contributed by atoms with Crippen LogP contribution < -0.4 is 10.2 Å². The van der Waals surface area contributed by atoms with Gasteiger partial charge in [-0.3, -0.25) is 0 Å². The fourth-order valence-corrected chi connectivity index (χ4v) is 3.07. The van der Waals surface area contributed by atoms with E-state index in [1.807, 2.05) is 12.3 Å². The van der Waals surface area contributed by atoms with Crippen LogP contribution in [0.2, 0.25) is 0 Å². The standard InChI is InChI=1S/C17H22N4/c1-4-18-16-19-10-9-15(20-16)21-11-13-7-5-6-8-14(13)17(2,3)12-21/h5-10H,4,11-12H2,1-3H3,(H,18,19,20). The summed E-state index contributed by atoms with van der Waals surface area (Å²) < 4.78 is 0. The topological polar surface area (TPSA) is 41.1 Å². The number of nitrogens with zero attached hydrogens (tertiary/aromatic N) is 3. The van der Waals surface area contributed by atoms with Crippen molar-refractivity contribution in [3.05, 3.63) is 47.7 Å². The molecule has 1 aromatic heterocycles. The van der Waals surface area contributed by atoms with Gasteiger partial charge >= 0.3 is 0 Å². The second kappa shape index (κ2) is 5.35. The Kier molecular flexibility index (Phi) is 3.53. The number of nitrogens with one attached hydrogen (secondary N) is 1. The molecule has 1 aliphatic rings. The van der Waals surface area contributed by atoms with Gasteiger partial charge in [-0.2, -0.15) is 4.98 Å². The summed E-state index contributed by atoms with van der Waals surface area (Å²) in [7, 11) is 0. The zero-order valence-electron chi connectivity index (χ0n) is 12.9. The summed E-state index contributed by atoms with van der Waals surface area (Å²) in [5, 5.41) is 3.18. The minimum absolute atomic E-state index is 0.123. The van der Waals surface area contributed by atoms with Crippen molar-refractivity contribution < 1.29 is 0 Å². The number of anilines is 2. The monoisotopic (exact) mass is 282 g/mol. The van der Waals surface area contributed by atoms with Crippen LogP contribution in [-0.2, 0) is 12.0 Å². The predicted octanol–water partition coefficient (Wildman–Crippen LogP) is 3.21. The van der Waals surface area contributed by atoms with Gasteiger partial charge in [0.05, 0.1) is 0 Å². The van der Waals surface area contributed by atoms with Crippen molar-refractivity contribution >= 4 is 11.8 Å². The lowest BCUT2D eigenvalue weighted by Crippen LogP contribution is -2.42. The number of hydrogen-bond acceptors (Lipinski definition) is 4. The first kappa shape index (κ1) is 13.9. The summed E-state index contributed by atoms with van der Waals surface area (Å²) in [6.07, 6.45) is 1.83. The van der Waals surface area contributed by atoms with E-state index >= 15 is 0 Å². The maximum absolute atomic E-state index is 4.63. The highest BCUT2D eigenvalue weighted by Crippen LogP contribution is 2.34. The third kappa shape index (κ3) is 2.71. The predicted molar refractivity (Wildman–Crippen MR) is 86.7 cm³/mol. The Balaban J connectivity index is 1.93. The van der Waals surface area contributed by atoms with Crippen LogP contribution in [0.5, 0.6) is 0 Å². The number of hydrogen-bond donors (Lipinski definition) is 1. The molecule has 1 aliphatic heterocycles. The lowest BCUT2D eigenvalue weighted by Gasteiger charge is -2.40. The van der Waals surface area contributed by atoms with Gasteiger partial charge in [0.15, 0.2) is 0 Å². The van der Waals surface area contributed by atoms with Crippen molar-refractivity contribution in [2.75, 3.05) is 23.3 Å². The van der Waals surface area contributed by atoms with Crippen LogP contribution in [0.15, 0.2) is 36.5 Å². The average Bonchev–Trinajstić information content (AvgIpc) is 2.47. The maximum Gasteiger partial charge on any atom is 0.224 e. The van der Waals surface area contributed by atoms with Crippen molar-refractivity contribution in [3.8, 4) is 0 Å². The number of fused-ring (bicyclic) bond motifs is 1. The van der Waals surface area contributed by atoms with Crippen LogP contribution >= 0.6 is 0 Å². The zero-order valence-corrected chi connectivity index (χ0v) is 12.9. The molecule has 4 heteroatoms. The van der Waals surface area contributed by atoms with Crippen molar-refractivity contribution in [2.24, 2.45) is 0 Å². The molecule has 21 heavy (non-hydrogen) atoms. The van der Waals surface area contributed by atoms with E-state index in [9.17, 15) is 0 Å². The summed E-state index contributed by atoms with van der Waals surface area (Å²) in [5.74, 6) is 1.69. The Hall–Kier alpha value is -2.10. The van der Waals surface area contributed by atoms with E-state index < -0.39 is 0 Å². The van der Waals surface area contributed by atoms with Gasteiger partial charge in [-0.05, 0) is 24.1 Å². The summed E-state index contributed by atoms with van der Waals surface area (Å²) in [4.78, 5) is 11.2. The first-order valence-electron chi connectivity index (χ1n) is 7.50. The largest absolute Gasteiger partial charge is 0.354 e. The Morgan fingerprint density at radius 1 is 1.24 bits per heavy atom. The fourth-order valence-electron chi connectivity index (χ4n) is 3.07. The van der Waals surface area contributed by atoms with Crippen molar-refractivity contribution in [1.82, 2.24) is 9.97 Å². The number of rotatable bonds is 3. The molecule has 0 atom stereocenters. The molecule has 0 fully saturated rings. The Morgan fingerprint density at radius 3 is 2.86 bits per heavy atom. The minimum atomic E-state index is 0.123. The molecular weight excluding hydrogens is 260 g/mol. The van der Waals surface area contributed by atoms with E-state index in [4.69, 9.17) is 0 Å². The molecule has 0 spiro atoms. The number of benzene rings is 1. The molecule has 0 bridgehead atoms. The zero-order chi connectivity index (χ0) is 14.9. The van der Waals surface area contributed by atoms with Gasteiger partial charge in [0.25, 0.3) is 0 Å². The van der Waals surface area contributed by atoms with Gasteiger partial charge in [-0.1, -0.05) is 38.1 Å². The molecule has 1 N–H and O–H groups in total. The van der Waals surface area contributed by atoms with E-state index in [0.29, 0.717) is 5.95 Å². The smallest absolute Gasteiger partial charge is 0.224 e. The SMILES string of the molecule is CCNc1nccc(N2Cc3ccccc3C(C)(C)C2)n1. The molecule has 0 unspecified atom stereocenters. The minimum Gasteiger partial charge on any atom is -0.354 e. The number of aromatic nitrogens is 2. The molecule has 2 aromatic rings. The Morgan fingerprint density at radius 2 is 2.05 bits per heavy atom. The van der Waals surface area contributed by atoms with E-state index in [2.05, 4.69) is 65.2 Å². The lowest BCUT2D eigenvalue weighted by atomic mass is 9.78. The summed E-state index contributed by atoms with van der Waals surface area (Å²) >= 11 is 0. The van der Waals surface area contributed by atoms with Crippen LogP contribution in [0.1, 0.15) is 31.9 Å². The molecule has 0 amide bonds. The molecule has 2 heterocycles. The van der Waals surface area contributed by atoms with Crippen LogP contribution in [-0.4, -0.2) is 23.1 Å². The van der Waals surface area contributed by atoms with Crippen LogP contribution in [0, 0.1) is 0 Å². The Labute approximate surface area is 126 Å². The van der Waals surface area contributed by atoms with E-state index in [1.54, 1.807) is 0 Å². The van der Waals surface area contributed by atoms with E-state index in [-0.39, 0.29) is 5.41 Å². The lowest BCUT2D eigenvalue weighted by molar-refractivity contribution is 0.475. The van der Waals surface area contributed by atoms with Crippen LogP contribution in [0.25, 0.3) is 0 Å². The van der Waals surface area contributed by atoms with Gasteiger partial charge in [0, 0.05) is 31.2 Å². The molecule has 1 aromatic carbocycles. The molecule has 0 saturated carbocycles. The van der Waals surface area contributed by atoms with Gasteiger partial charge < -0.3 is 10.2 Å². The van der Waals surface area contributed by atoms with Crippen LogP contribution in [0.3, 0.4) is 0 Å². The highest BCUT2D eigenvalue weighted by Gasteiger charge is 2.31. The van der Waals surface area contributed by atoms with Crippen molar-refractivity contribution in [3.63, 3.8) is 0 Å². The second-order valence-electron chi connectivity index (χ2n) is 6.17. The second-order valence-corrected chi connectivity index (χ2v) is 6.17. The Bertz CT molecular complexity index is 636. The van der Waals surface area contributed by atoms with E-state index in [0.717, 1.165) is 25.5 Å². The molecule has 0 saturated heterocycles. The molecule has 0 radical (unpaired) electrons. The molecule has 110 valence electrons. The highest BCUT2D eigenvalue weighted by atomic mass is 15.2. The quantitative estimate of drug-likeness (QED) is 0.938. The fraction of sp³-hybridized carbons (Fsp3) is 0.412. The third-order valence-electron chi connectivity index (χ3n) is 3.99. The molecule has 3 rings (SSSR count). The first-order chi connectivity index (χ1) is 10.1. The third-order valence-corrected chi connectivity index (χ3v) is 3.99. The highest BCUT2D eigenvalue weighted by molar-refractivity contribution is 5.49. The molecular formula is C17H22N4. The average molecular weight is 282 g/mol. The molecule has 0 aliphatic carbocycles. The summed E-state index contributed by atoms with van der Waals surface area (Å²) in [5.41, 5.74) is 2.96. The van der Waals surface area contributed by atoms with Gasteiger partial charge in [0.2, 0.25) is 5.95 Å². The van der Waals surface area contributed by atoms with E-state index in [1.165, 1.54) is 11.1 Å². The first-order valence-corrected chi connectivity index (χ1v) is 7.50. The maximum atomic E-state index is 4.63. The van der Waals surface area contributed by atoms with Gasteiger partial charge in [-0.15, -0.1) is 0 Å². The summed E-state index contributed by atoms with van der Waals surface area (Å²) in [6.45, 7) is 9.34. The van der Waals surface area contributed by atoms with Gasteiger partial charge in [0.1, 0.15) is 5.82 Å². The molecule has 4 nitrogen and oxygen atoms in total. The summed E-state index contributed by atoms with van der Waals surface area (Å²) in [6, 6.07) is 10.7. The van der Waals surface area contributed by atoms with Crippen molar-refractivity contribution in [1.29, 1.82) is 0 Å². The van der Waals surface area contributed by atoms with Crippen molar-refractivity contribution in [2.45, 2.75) is 32.7 Å². The van der Waals surface area contributed by atoms with Gasteiger partial charge in [-0.25, -0.2) is 4.98 Å². The van der Waals surface area contributed by atoms with Crippen LogP contribution in [0.4, 0.5) is 11.8 Å². The normalized spacial score (nSPS) is 16.4.